The summed E-state index contributed by atoms with van der Waals surface area (Å²) in [7, 11) is 0. The average molecular weight is 234 g/mol. The topological polar surface area (TPSA) is 67.4 Å². The summed E-state index contributed by atoms with van der Waals surface area (Å²) in [5.41, 5.74) is 1.77. The molecule has 0 aliphatic rings. The van der Waals surface area contributed by atoms with Crippen molar-refractivity contribution in [3.05, 3.63) is 34.4 Å². The fourth-order valence-electron chi connectivity index (χ4n) is 1.33. The highest BCUT2D eigenvalue weighted by atomic mass is 35.5. The Bertz CT molecular complexity index is 581. The molecule has 2 aromatic heterocycles. The van der Waals surface area contributed by atoms with Crippen LogP contribution in [0.5, 0.6) is 0 Å². The number of nitriles is 1. The van der Waals surface area contributed by atoms with Crippen LogP contribution in [0.2, 0.25) is 5.02 Å². The molecule has 16 heavy (non-hydrogen) atoms. The highest BCUT2D eigenvalue weighted by Gasteiger charge is 2.12. The summed E-state index contributed by atoms with van der Waals surface area (Å²) in [6.45, 7) is 3.63. The first-order chi connectivity index (χ1) is 7.63. The molecule has 80 valence electrons. The van der Waals surface area contributed by atoms with E-state index in [9.17, 15) is 0 Å². The minimum absolute atomic E-state index is 0.300. The van der Waals surface area contributed by atoms with Crippen molar-refractivity contribution >= 4 is 11.6 Å². The van der Waals surface area contributed by atoms with Crippen LogP contribution in [0.3, 0.4) is 0 Å². The first kappa shape index (κ1) is 10.6. The van der Waals surface area contributed by atoms with E-state index in [4.69, 9.17) is 16.9 Å². The van der Waals surface area contributed by atoms with E-state index < -0.39 is 0 Å². The van der Waals surface area contributed by atoms with Crippen molar-refractivity contribution in [1.29, 1.82) is 5.26 Å². The van der Waals surface area contributed by atoms with Gasteiger partial charge < -0.3 is 0 Å². The molecule has 0 fully saturated rings. The smallest absolute Gasteiger partial charge is 0.220 e. The molecule has 0 aliphatic carbocycles. The second-order valence-corrected chi connectivity index (χ2v) is 3.63. The van der Waals surface area contributed by atoms with E-state index in [2.05, 4.69) is 15.1 Å². The van der Waals surface area contributed by atoms with E-state index in [0.717, 1.165) is 5.69 Å². The van der Waals surface area contributed by atoms with Gasteiger partial charge >= 0.3 is 0 Å². The molecule has 0 radical (unpaired) electrons. The maximum atomic E-state index is 8.74. The van der Waals surface area contributed by atoms with Gasteiger partial charge in [-0.2, -0.15) is 10.4 Å². The second-order valence-electron chi connectivity index (χ2n) is 3.25. The Labute approximate surface area is 97.3 Å². The maximum Gasteiger partial charge on any atom is 0.252 e. The monoisotopic (exact) mass is 233 g/mol. The molecule has 0 atom stereocenters. The van der Waals surface area contributed by atoms with Gasteiger partial charge in [-0.15, -0.1) is 0 Å². The fraction of sp³-hybridized carbons (Fsp3) is 0.200. The van der Waals surface area contributed by atoms with Crippen LogP contribution >= 0.6 is 11.6 Å². The standard InChI is InChI=1S/C10H8ClN5/c1-6-9(11)7(2)16(15-6)10-13-4-3-8(5-12)14-10/h3-4H,1-2H3. The number of aromatic nitrogens is 4. The van der Waals surface area contributed by atoms with E-state index in [1.165, 1.54) is 16.9 Å². The normalized spacial score (nSPS) is 10.1. The van der Waals surface area contributed by atoms with Gasteiger partial charge in [0.25, 0.3) is 5.95 Å². The number of hydrogen-bond acceptors (Lipinski definition) is 4. The minimum Gasteiger partial charge on any atom is -0.220 e. The second kappa shape index (κ2) is 3.91. The Morgan fingerprint density at radius 1 is 1.44 bits per heavy atom. The Morgan fingerprint density at radius 2 is 2.19 bits per heavy atom. The number of rotatable bonds is 1. The lowest BCUT2D eigenvalue weighted by molar-refractivity contribution is 0.771. The lowest BCUT2D eigenvalue weighted by Gasteiger charge is -2.01. The van der Waals surface area contributed by atoms with Gasteiger partial charge in [-0.25, -0.2) is 14.6 Å². The number of nitrogens with zero attached hydrogens (tertiary/aromatic N) is 5. The van der Waals surface area contributed by atoms with Crippen LogP contribution < -0.4 is 0 Å². The third kappa shape index (κ3) is 1.64. The Hall–Kier alpha value is -1.93. The summed E-state index contributed by atoms with van der Waals surface area (Å²) in [4.78, 5) is 8.10. The van der Waals surface area contributed by atoms with Gasteiger partial charge in [0.1, 0.15) is 11.8 Å². The number of hydrogen-bond donors (Lipinski definition) is 0. The maximum absolute atomic E-state index is 8.74. The Balaban J connectivity index is 2.59. The summed E-state index contributed by atoms with van der Waals surface area (Å²) >= 11 is 6.02. The predicted molar refractivity (Wildman–Crippen MR) is 58.4 cm³/mol. The average Bonchev–Trinajstić information content (AvgIpc) is 2.57. The molecule has 5 nitrogen and oxygen atoms in total. The van der Waals surface area contributed by atoms with Crippen LogP contribution in [0.4, 0.5) is 0 Å². The zero-order chi connectivity index (χ0) is 11.7. The Kier molecular flexibility index (Phi) is 2.59. The lowest BCUT2D eigenvalue weighted by atomic mass is 10.4. The molecular formula is C10H8ClN5. The largest absolute Gasteiger partial charge is 0.252 e. The van der Waals surface area contributed by atoms with Crippen LogP contribution in [0.25, 0.3) is 5.95 Å². The third-order valence-electron chi connectivity index (χ3n) is 2.15. The van der Waals surface area contributed by atoms with Crippen LogP contribution in [0, 0.1) is 25.2 Å². The van der Waals surface area contributed by atoms with Crippen molar-refractivity contribution in [3.8, 4) is 12.0 Å². The van der Waals surface area contributed by atoms with Gasteiger partial charge in [0.05, 0.1) is 16.4 Å². The summed E-state index contributed by atoms with van der Waals surface area (Å²) in [5, 5.41) is 13.5. The van der Waals surface area contributed by atoms with Crippen molar-refractivity contribution in [3.63, 3.8) is 0 Å². The first-order valence-electron chi connectivity index (χ1n) is 4.58. The van der Waals surface area contributed by atoms with Crippen molar-refractivity contribution in [2.24, 2.45) is 0 Å². The van der Waals surface area contributed by atoms with Crippen LogP contribution in [0.1, 0.15) is 17.1 Å². The number of aryl methyl sites for hydroxylation is 1. The van der Waals surface area contributed by atoms with Gasteiger partial charge in [-0.3, -0.25) is 0 Å². The molecule has 0 unspecified atom stereocenters. The van der Waals surface area contributed by atoms with E-state index in [1.54, 1.807) is 6.92 Å². The van der Waals surface area contributed by atoms with E-state index in [0.29, 0.717) is 22.4 Å². The molecule has 0 N–H and O–H groups in total. The minimum atomic E-state index is 0.300. The molecule has 6 heteroatoms. The molecule has 0 bridgehead atoms. The first-order valence-corrected chi connectivity index (χ1v) is 4.96. The van der Waals surface area contributed by atoms with Crippen LogP contribution in [-0.4, -0.2) is 19.7 Å². The summed E-state index contributed by atoms with van der Waals surface area (Å²) < 4.78 is 1.53. The summed E-state index contributed by atoms with van der Waals surface area (Å²) in [6.07, 6.45) is 1.52. The van der Waals surface area contributed by atoms with Crippen molar-refractivity contribution in [2.45, 2.75) is 13.8 Å². The van der Waals surface area contributed by atoms with E-state index >= 15 is 0 Å². The molecule has 0 spiro atoms. The van der Waals surface area contributed by atoms with E-state index in [1.807, 2.05) is 13.0 Å². The van der Waals surface area contributed by atoms with Gasteiger partial charge in [0.15, 0.2) is 0 Å². The molecule has 2 heterocycles. The highest BCUT2D eigenvalue weighted by Crippen LogP contribution is 2.20. The molecule has 0 aliphatic heterocycles. The predicted octanol–water partition coefficient (Wildman–Crippen LogP) is 1.80. The zero-order valence-corrected chi connectivity index (χ0v) is 9.52. The molecular weight excluding hydrogens is 226 g/mol. The SMILES string of the molecule is Cc1nn(-c2nccc(C#N)n2)c(C)c1Cl. The van der Waals surface area contributed by atoms with Crippen LogP contribution in [0.15, 0.2) is 12.3 Å². The third-order valence-corrected chi connectivity index (χ3v) is 2.70. The molecule has 2 rings (SSSR count). The zero-order valence-electron chi connectivity index (χ0n) is 8.77. The van der Waals surface area contributed by atoms with E-state index in [-0.39, 0.29) is 0 Å². The molecule has 2 aromatic rings. The highest BCUT2D eigenvalue weighted by molar-refractivity contribution is 6.31. The van der Waals surface area contributed by atoms with Gasteiger partial charge in [0, 0.05) is 6.20 Å². The van der Waals surface area contributed by atoms with Crippen molar-refractivity contribution < 1.29 is 0 Å². The van der Waals surface area contributed by atoms with Crippen LogP contribution in [-0.2, 0) is 0 Å². The summed E-state index contributed by atoms with van der Waals surface area (Å²) in [6, 6.07) is 3.49. The van der Waals surface area contributed by atoms with Crippen molar-refractivity contribution in [1.82, 2.24) is 19.7 Å². The lowest BCUT2D eigenvalue weighted by Crippen LogP contribution is -2.05. The molecule has 0 saturated heterocycles. The van der Waals surface area contributed by atoms with Gasteiger partial charge in [-0.05, 0) is 19.9 Å². The molecule has 0 saturated carbocycles. The number of halogens is 1. The fourth-order valence-corrected chi connectivity index (χ4v) is 1.45. The summed E-state index contributed by atoms with van der Waals surface area (Å²) in [5.74, 6) is 0.353. The molecule has 0 amide bonds. The Morgan fingerprint density at radius 3 is 2.75 bits per heavy atom. The quantitative estimate of drug-likeness (QED) is 0.753. The van der Waals surface area contributed by atoms with Crippen molar-refractivity contribution in [2.75, 3.05) is 0 Å². The molecule has 0 aromatic carbocycles. The van der Waals surface area contributed by atoms with Gasteiger partial charge in [0.2, 0.25) is 0 Å². The van der Waals surface area contributed by atoms with Gasteiger partial charge in [-0.1, -0.05) is 11.6 Å².